The topological polar surface area (TPSA) is 41.1 Å². The van der Waals surface area contributed by atoms with Crippen LogP contribution in [-0.4, -0.2) is 6.03 Å². The molecule has 0 atom stereocenters. The summed E-state index contributed by atoms with van der Waals surface area (Å²) in [6.07, 6.45) is 3.41. The smallest absolute Gasteiger partial charge is 0.314 e. The minimum Gasteiger partial charge on any atom is -0.314 e. The number of hydrogen-bond donors (Lipinski definition) is 2. The molecule has 2 rings (SSSR count). The molecule has 3 nitrogen and oxygen atoms in total. The molecule has 4 heteroatoms. The number of halogens is 1. The summed E-state index contributed by atoms with van der Waals surface area (Å²) in [6.45, 7) is 3.95. The monoisotopic (exact) mass is 300 g/mol. The molecule has 108 valence electrons. The third kappa shape index (κ3) is 4.65. The molecule has 0 aliphatic rings. The quantitative estimate of drug-likeness (QED) is 0.844. The molecule has 2 aromatic rings. The van der Waals surface area contributed by atoms with Crippen LogP contribution in [0.4, 0.5) is 10.5 Å². The summed E-state index contributed by atoms with van der Waals surface area (Å²) in [5, 5.41) is 6.19. The van der Waals surface area contributed by atoms with Crippen molar-refractivity contribution in [3.8, 4) is 0 Å². The van der Waals surface area contributed by atoms with Gasteiger partial charge in [0.2, 0.25) is 0 Å². The molecular formula is C17H17ClN2O. The van der Waals surface area contributed by atoms with Gasteiger partial charge in [0.25, 0.3) is 0 Å². The van der Waals surface area contributed by atoms with Crippen molar-refractivity contribution in [2.24, 2.45) is 0 Å². The minimum atomic E-state index is -0.270. The van der Waals surface area contributed by atoms with E-state index in [0.29, 0.717) is 5.02 Å². The van der Waals surface area contributed by atoms with Crippen molar-refractivity contribution in [1.29, 1.82) is 0 Å². The number of carbonyl (C=O) groups is 1. The normalized spacial score (nSPS) is 10.6. The molecule has 2 aromatic carbocycles. The molecule has 0 unspecified atom stereocenters. The van der Waals surface area contributed by atoms with E-state index in [0.717, 1.165) is 22.4 Å². The highest BCUT2D eigenvalue weighted by Crippen LogP contribution is 2.16. The predicted molar refractivity (Wildman–Crippen MR) is 88.6 cm³/mol. The van der Waals surface area contributed by atoms with Gasteiger partial charge < -0.3 is 10.6 Å². The first-order valence-electron chi connectivity index (χ1n) is 6.61. The molecule has 0 saturated carbocycles. The number of nitrogens with one attached hydrogen (secondary N) is 2. The van der Waals surface area contributed by atoms with Crippen LogP contribution < -0.4 is 10.6 Å². The Kier molecular flexibility index (Phi) is 5.01. The summed E-state index contributed by atoms with van der Waals surface area (Å²) in [5.41, 5.74) is 3.91. The van der Waals surface area contributed by atoms with Crippen LogP contribution in [0.3, 0.4) is 0 Å². The van der Waals surface area contributed by atoms with Crippen molar-refractivity contribution < 1.29 is 4.79 Å². The van der Waals surface area contributed by atoms with E-state index in [-0.39, 0.29) is 6.03 Å². The lowest BCUT2D eigenvalue weighted by Gasteiger charge is -2.08. The lowest BCUT2D eigenvalue weighted by molar-refractivity contribution is 0.255. The maximum atomic E-state index is 11.8. The van der Waals surface area contributed by atoms with E-state index in [1.807, 2.05) is 44.2 Å². The van der Waals surface area contributed by atoms with Crippen LogP contribution >= 0.6 is 11.6 Å². The fourth-order valence-electron chi connectivity index (χ4n) is 1.82. The maximum Gasteiger partial charge on any atom is 0.323 e. The standard InChI is InChI=1S/C17H17ClN2O/c1-12-3-4-13(2)16(11-12)20-17(21)19-10-9-14-5-7-15(18)8-6-14/h3-11H,1-2H3,(H2,19,20,21)/b10-9+. The van der Waals surface area contributed by atoms with E-state index >= 15 is 0 Å². The molecule has 0 radical (unpaired) electrons. The third-order valence-corrected chi connectivity index (χ3v) is 3.25. The Labute approximate surface area is 129 Å². The van der Waals surface area contributed by atoms with E-state index in [1.165, 1.54) is 0 Å². The SMILES string of the molecule is Cc1ccc(C)c(NC(=O)N/C=C/c2ccc(Cl)cc2)c1. The van der Waals surface area contributed by atoms with Crippen molar-refractivity contribution in [3.05, 3.63) is 70.4 Å². The molecule has 0 heterocycles. The van der Waals surface area contributed by atoms with Crippen molar-refractivity contribution in [1.82, 2.24) is 5.32 Å². The molecule has 0 aliphatic heterocycles. The lowest BCUT2D eigenvalue weighted by Crippen LogP contribution is -2.24. The van der Waals surface area contributed by atoms with Crippen molar-refractivity contribution in [2.45, 2.75) is 13.8 Å². The van der Waals surface area contributed by atoms with Crippen LogP contribution in [0.1, 0.15) is 16.7 Å². The predicted octanol–water partition coefficient (Wildman–Crippen LogP) is 4.75. The van der Waals surface area contributed by atoms with Gasteiger partial charge in [-0.2, -0.15) is 0 Å². The summed E-state index contributed by atoms with van der Waals surface area (Å²) >= 11 is 5.81. The Hall–Kier alpha value is -2.26. The van der Waals surface area contributed by atoms with Crippen LogP contribution in [0.25, 0.3) is 6.08 Å². The van der Waals surface area contributed by atoms with Crippen molar-refractivity contribution in [3.63, 3.8) is 0 Å². The van der Waals surface area contributed by atoms with Gasteiger partial charge in [-0.15, -0.1) is 0 Å². The van der Waals surface area contributed by atoms with Gasteiger partial charge in [-0.25, -0.2) is 4.79 Å². The van der Waals surface area contributed by atoms with Crippen LogP contribution in [0.5, 0.6) is 0 Å². The zero-order chi connectivity index (χ0) is 15.2. The Morgan fingerprint density at radius 2 is 1.81 bits per heavy atom. The Morgan fingerprint density at radius 1 is 1.10 bits per heavy atom. The van der Waals surface area contributed by atoms with Gasteiger partial charge in [-0.3, -0.25) is 0 Å². The van der Waals surface area contributed by atoms with E-state index in [4.69, 9.17) is 11.6 Å². The largest absolute Gasteiger partial charge is 0.323 e. The highest BCUT2D eigenvalue weighted by Gasteiger charge is 2.02. The molecule has 21 heavy (non-hydrogen) atoms. The molecule has 0 aromatic heterocycles. The molecule has 2 N–H and O–H groups in total. The van der Waals surface area contributed by atoms with E-state index < -0.39 is 0 Å². The number of aryl methyl sites for hydroxylation is 2. The molecule has 0 bridgehead atoms. The number of rotatable bonds is 3. The second-order valence-electron chi connectivity index (χ2n) is 4.80. The molecule has 0 spiro atoms. The van der Waals surface area contributed by atoms with Gasteiger partial charge in [0, 0.05) is 16.9 Å². The van der Waals surface area contributed by atoms with Crippen molar-refractivity contribution >= 4 is 29.4 Å². The summed E-state index contributed by atoms with van der Waals surface area (Å²) in [4.78, 5) is 11.8. The zero-order valence-electron chi connectivity index (χ0n) is 12.0. The minimum absolute atomic E-state index is 0.270. The average molecular weight is 301 g/mol. The fraction of sp³-hybridized carbons (Fsp3) is 0.118. The van der Waals surface area contributed by atoms with Crippen LogP contribution in [0.2, 0.25) is 5.02 Å². The summed E-state index contributed by atoms with van der Waals surface area (Å²) in [5.74, 6) is 0. The number of anilines is 1. The number of amides is 2. The first-order valence-corrected chi connectivity index (χ1v) is 6.99. The van der Waals surface area contributed by atoms with E-state index in [1.54, 1.807) is 24.4 Å². The molecule has 0 saturated heterocycles. The maximum absolute atomic E-state index is 11.8. The summed E-state index contributed by atoms with van der Waals surface area (Å²) < 4.78 is 0. The van der Waals surface area contributed by atoms with Crippen LogP contribution in [0.15, 0.2) is 48.7 Å². The van der Waals surface area contributed by atoms with E-state index in [2.05, 4.69) is 10.6 Å². The van der Waals surface area contributed by atoms with E-state index in [9.17, 15) is 4.79 Å². The van der Waals surface area contributed by atoms with Crippen molar-refractivity contribution in [2.75, 3.05) is 5.32 Å². The second-order valence-corrected chi connectivity index (χ2v) is 5.24. The highest BCUT2D eigenvalue weighted by molar-refractivity contribution is 6.30. The number of benzene rings is 2. The zero-order valence-corrected chi connectivity index (χ0v) is 12.7. The van der Waals surface area contributed by atoms with Gasteiger partial charge >= 0.3 is 6.03 Å². The van der Waals surface area contributed by atoms with Gasteiger partial charge in [0.05, 0.1) is 0 Å². The van der Waals surface area contributed by atoms with Gasteiger partial charge in [0.15, 0.2) is 0 Å². The molecule has 0 aliphatic carbocycles. The van der Waals surface area contributed by atoms with Gasteiger partial charge in [0.1, 0.15) is 0 Å². The summed E-state index contributed by atoms with van der Waals surface area (Å²) in [6, 6.07) is 13.0. The fourth-order valence-corrected chi connectivity index (χ4v) is 1.94. The first kappa shape index (κ1) is 15.1. The molecule has 0 fully saturated rings. The first-order chi connectivity index (χ1) is 10.0. The Balaban J connectivity index is 1.93. The van der Waals surface area contributed by atoms with Crippen LogP contribution in [0, 0.1) is 13.8 Å². The highest BCUT2D eigenvalue weighted by atomic mass is 35.5. The second kappa shape index (κ2) is 6.95. The number of hydrogen-bond acceptors (Lipinski definition) is 1. The molecule has 2 amide bonds. The number of urea groups is 1. The van der Waals surface area contributed by atoms with Gasteiger partial charge in [-0.1, -0.05) is 35.9 Å². The number of carbonyl (C=O) groups excluding carboxylic acids is 1. The molecular weight excluding hydrogens is 284 g/mol. The van der Waals surface area contributed by atoms with Crippen LogP contribution in [-0.2, 0) is 0 Å². The van der Waals surface area contributed by atoms with Gasteiger partial charge in [-0.05, 0) is 54.8 Å². The Morgan fingerprint density at radius 3 is 2.52 bits per heavy atom. The summed E-state index contributed by atoms with van der Waals surface area (Å²) in [7, 11) is 0. The lowest BCUT2D eigenvalue weighted by atomic mass is 10.1. The third-order valence-electron chi connectivity index (χ3n) is 3.00. The Bertz CT molecular complexity index is 663. The average Bonchev–Trinajstić information content (AvgIpc) is 2.45.